The zero-order chi connectivity index (χ0) is 11.1. The second-order valence-electron chi connectivity index (χ2n) is 5.55. The molecular weight excluding hydrogens is 186 g/mol. The summed E-state index contributed by atoms with van der Waals surface area (Å²) in [5, 5.41) is 4.22. The molecule has 84 valence electrons. The molecule has 0 aromatic carbocycles. The van der Waals surface area contributed by atoms with Gasteiger partial charge in [-0.15, -0.1) is 0 Å². The van der Waals surface area contributed by atoms with Gasteiger partial charge in [0.15, 0.2) is 0 Å². The largest absolute Gasteiger partial charge is 0.396 e. The van der Waals surface area contributed by atoms with Gasteiger partial charge in [0.2, 0.25) is 0 Å². The number of aryl methyl sites for hydroxylation is 1. The fourth-order valence-corrected chi connectivity index (χ4v) is 2.64. The first-order valence-corrected chi connectivity index (χ1v) is 5.77. The number of hydrogen-bond acceptors (Lipinski definition) is 2. The van der Waals surface area contributed by atoms with Crippen molar-refractivity contribution in [2.24, 2.45) is 12.5 Å². The van der Waals surface area contributed by atoms with Gasteiger partial charge >= 0.3 is 0 Å². The molecule has 0 spiro atoms. The fraction of sp³-hybridized carbons (Fsp3) is 0.750. The van der Waals surface area contributed by atoms with E-state index in [1.165, 1.54) is 31.4 Å². The number of anilines is 1. The quantitative estimate of drug-likeness (QED) is 0.769. The highest BCUT2D eigenvalue weighted by Crippen LogP contribution is 2.43. The molecule has 1 aliphatic rings. The van der Waals surface area contributed by atoms with Crippen LogP contribution in [0.1, 0.15) is 51.1 Å². The molecule has 0 saturated heterocycles. The average molecular weight is 207 g/mol. The Morgan fingerprint density at radius 3 is 2.47 bits per heavy atom. The first-order chi connectivity index (χ1) is 6.99. The van der Waals surface area contributed by atoms with Gasteiger partial charge in [0.1, 0.15) is 0 Å². The van der Waals surface area contributed by atoms with E-state index in [1.54, 1.807) is 6.20 Å². The minimum atomic E-state index is 0.518. The predicted octanol–water partition coefficient (Wildman–Crippen LogP) is 2.69. The predicted molar refractivity (Wildman–Crippen MR) is 62.6 cm³/mol. The molecule has 3 heteroatoms. The van der Waals surface area contributed by atoms with E-state index in [-0.39, 0.29) is 0 Å². The SMILES string of the molecule is Cn1ncc(N)c1C1CCC(C)(C)CC1. The van der Waals surface area contributed by atoms with E-state index < -0.39 is 0 Å². The highest BCUT2D eigenvalue weighted by Gasteiger charge is 2.29. The van der Waals surface area contributed by atoms with Crippen LogP contribution in [-0.4, -0.2) is 9.78 Å². The molecule has 0 amide bonds. The van der Waals surface area contributed by atoms with E-state index in [2.05, 4.69) is 18.9 Å². The zero-order valence-corrected chi connectivity index (χ0v) is 9.95. The zero-order valence-electron chi connectivity index (χ0n) is 9.95. The van der Waals surface area contributed by atoms with Crippen LogP contribution < -0.4 is 5.73 Å². The maximum Gasteiger partial charge on any atom is 0.0735 e. The summed E-state index contributed by atoms with van der Waals surface area (Å²) in [5.74, 6) is 0.616. The standard InChI is InChI=1S/C12H21N3/c1-12(2)6-4-9(5-7-12)11-10(13)8-14-15(11)3/h8-9H,4-7,13H2,1-3H3. The highest BCUT2D eigenvalue weighted by atomic mass is 15.3. The Bertz CT molecular complexity index is 322. The third kappa shape index (κ3) is 2.01. The van der Waals surface area contributed by atoms with Crippen LogP contribution in [0, 0.1) is 5.41 Å². The average Bonchev–Trinajstić information content (AvgIpc) is 2.48. The number of hydrogen-bond donors (Lipinski definition) is 1. The van der Waals surface area contributed by atoms with Crippen LogP contribution in [0.4, 0.5) is 5.69 Å². The molecule has 1 aromatic rings. The van der Waals surface area contributed by atoms with E-state index >= 15 is 0 Å². The van der Waals surface area contributed by atoms with Gasteiger partial charge in [-0.3, -0.25) is 4.68 Å². The van der Waals surface area contributed by atoms with Crippen molar-refractivity contribution in [3.63, 3.8) is 0 Å². The number of nitrogens with two attached hydrogens (primary N) is 1. The maximum absolute atomic E-state index is 5.96. The summed E-state index contributed by atoms with van der Waals surface area (Å²) in [6.45, 7) is 4.71. The van der Waals surface area contributed by atoms with E-state index in [4.69, 9.17) is 5.73 Å². The van der Waals surface area contributed by atoms with Gasteiger partial charge < -0.3 is 5.73 Å². The molecule has 0 bridgehead atoms. The molecule has 1 saturated carbocycles. The lowest BCUT2D eigenvalue weighted by Crippen LogP contribution is -2.22. The van der Waals surface area contributed by atoms with Crippen molar-refractivity contribution in [3.05, 3.63) is 11.9 Å². The van der Waals surface area contributed by atoms with E-state index in [0.29, 0.717) is 11.3 Å². The van der Waals surface area contributed by atoms with Crippen LogP contribution >= 0.6 is 0 Å². The molecule has 0 unspecified atom stereocenters. The number of rotatable bonds is 1. The van der Waals surface area contributed by atoms with Crippen LogP contribution in [-0.2, 0) is 7.05 Å². The molecule has 1 aromatic heterocycles. The molecule has 2 rings (SSSR count). The second kappa shape index (κ2) is 3.54. The van der Waals surface area contributed by atoms with Crippen molar-refractivity contribution in [2.75, 3.05) is 5.73 Å². The normalized spacial score (nSPS) is 21.8. The van der Waals surface area contributed by atoms with Gasteiger partial charge in [0.25, 0.3) is 0 Å². The molecule has 1 heterocycles. The number of nitrogens with zero attached hydrogens (tertiary/aromatic N) is 2. The van der Waals surface area contributed by atoms with Gasteiger partial charge in [-0.1, -0.05) is 13.8 Å². The summed E-state index contributed by atoms with van der Waals surface area (Å²) in [7, 11) is 1.99. The third-order valence-electron chi connectivity index (χ3n) is 3.74. The minimum Gasteiger partial charge on any atom is -0.396 e. The van der Waals surface area contributed by atoms with Crippen LogP contribution in [0.3, 0.4) is 0 Å². The van der Waals surface area contributed by atoms with E-state index in [1.807, 2.05) is 11.7 Å². The highest BCUT2D eigenvalue weighted by molar-refractivity contribution is 5.43. The first kappa shape index (κ1) is 10.5. The summed E-state index contributed by atoms with van der Waals surface area (Å²) in [6.07, 6.45) is 6.85. The monoisotopic (exact) mass is 207 g/mol. The molecule has 2 N–H and O–H groups in total. The lowest BCUT2D eigenvalue weighted by molar-refractivity contribution is 0.221. The summed E-state index contributed by atoms with van der Waals surface area (Å²) < 4.78 is 1.94. The fourth-order valence-electron chi connectivity index (χ4n) is 2.64. The molecule has 1 fully saturated rings. The van der Waals surface area contributed by atoms with Crippen molar-refractivity contribution >= 4 is 5.69 Å². The van der Waals surface area contributed by atoms with Crippen molar-refractivity contribution in [1.82, 2.24) is 9.78 Å². The van der Waals surface area contributed by atoms with E-state index in [0.717, 1.165) is 5.69 Å². The lowest BCUT2D eigenvalue weighted by Gasteiger charge is -2.34. The van der Waals surface area contributed by atoms with Gasteiger partial charge in [0, 0.05) is 13.0 Å². The molecule has 0 radical (unpaired) electrons. The molecule has 3 nitrogen and oxygen atoms in total. The minimum absolute atomic E-state index is 0.518. The van der Waals surface area contributed by atoms with Crippen molar-refractivity contribution in [1.29, 1.82) is 0 Å². The maximum atomic E-state index is 5.96. The van der Waals surface area contributed by atoms with Crippen molar-refractivity contribution in [2.45, 2.75) is 45.4 Å². The Balaban J connectivity index is 2.14. The first-order valence-electron chi connectivity index (χ1n) is 5.77. The molecule has 1 aliphatic carbocycles. The van der Waals surface area contributed by atoms with Crippen LogP contribution in [0.5, 0.6) is 0 Å². The summed E-state index contributed by atoms with van der Waals surface area (Å²) >= 11 is 0. The van der Waals surface area contributed by atoms with Crippen LogP contribution in [0.2, 0.25) is 0 Å². The van der Waals surface area contributed by atoms with Gasteiger partial charge in [-0.25, -0.2) is 0 Å². The molecule has 0 atom stereocenters. The smallest absolute Gasteiger partial charge is 0.0735 e. The molecule has 0 aliphatic heterocycles. The Morgan fingerprint density at radius 1 is 1.40 bits per heavy atom. The molecular formula is C12H21N3. The topological polar surface area (TPSA) is 43.8 Å². The Morgan fingerprint density at radius 2 is 2.00 bits per heavy atom. The van der Waals surface area contributed by atoms with Crippen molar-refractivity contribution in [3.8, 4) is 0 Å². The second-order valence-corrected chi connectivity index (χ2v) is 5.55. The number of aromatic nitrogens is 2. The molecule has 15 heavy (non-hydrogen) atoms. The Labute approximate surface area is 91.7 Å². The Hall–Kier alpha value is -0.990. The lowest BCUT2D eigenvalue weighted by atomic mass is 9.72. The van der Waals surface area contributed by atoms with Crippen LogP contribution in [0.15, 0.2) is 6.20 Å². The van der Waals surface area contributed by atoms with Crippen molar-refractivity contribution < 1.29 is 0 Å². The summed E-state index contributed by atoms with van der Waals surface area (Å²) in [5.41, 5.74) is 8.58. The van der Waals surface area contributed by atoms with Gasteiger partial charge in [-0.05, 0) is 31.1 Å². The Kier molecular flexibility index (Phi) is 2.49. The van der Waals surface area contributed by atoms with Crippen LogP contribution in [0.25, 0.3) is 0 Å². The summed E-state index contributed by atoms with van der Waals surface area (Å²) in [4.78, 5) is 0. The van der Waals surface area contributed by atoms with E-state index in [9.17, 15) is 0 Å². The summed E-state index contributed by atoms with van der Waals surface area (Å²) in [6, 6.07) is 0. The van der Waals surface area contributed by atoms with Gasteiger partial charge in [0.05, 0.1) is 17.6 Å². The van der Waals surface area contributed by atoms with Gasteiger partial charge in [-0.2, -0.15) is 5.10 Å². The third-order valence-corrected chi connectivity index (χ3v) is 3.74. The number of nitrogen functional groups attached to an aromatic ring is 1.